The minimum absolute atomic E-state index is 0.0999. The molecule has 3 N–H and O–H groups in total. The number of hydrogen-bond acceptors (Lipinski definition) is 5. The van der Waals surface area contributed by atoms with Gasteiger partial charge in [0, 0.05) is 18.8 Å². The van der Waals surface area contributed by atoms with Gasteiger partial charge in [-0.1, -0.05) is 12.8 Å². The summed E-state index contributed by atoms with van der Waals surface area (Å²) in [4.78, 5) is 37.0. The maximum atomic E-state index is 12.9. The van der Waals surface area contributed by atoms with Crippen molar-refractivity contribution in [2.45, 2.75) is 52.0 Å². The zero-order valence-corrected chi connectivity index (χ0v) is 18.5. The number of phenols is 1. The number of amides is 2. The van der Waals surface area contributed by atoms with Gasteiger partial charge in [-0.05, 0) is 68.1 Å². The summed E-state index contributed by atoms with van der Waals surface area (Å²) in [6.07, 6.45) is 3.52. The zero-order chi connectivity index (χ0) is 23.4. The van der Waals surface area contributed by atoms with Gasteiger partial charge in [0.1, 0.15) is 23.7 Å². The molecular weight excluding hydrogens is 412 g/mol. The smallest absolute Gasteiger partial charge is 0.312 e. The molecule has 0 aliphatic heterocycles. The van der Waals surface area contributed by atoms with Crippen LogP contribution in [-0.4, -0.2) is 46.0 Å². The lowest BCUT2D eigenvalue weighted by atomic mass is 10.1. The number of aromatic hydroxyl groups is 1. The molecule has 0 unspecified atom stereocenters. The molecule has 0 spiro atoms. The predicted molar refractivity (Wildman–Crippen MR) is 119 cm³/mol. The molecule has 170 valence electrons. The molecular formula is C24H28N2O6. The number of aryl methyl sites for hydroxylation is 2. The van der Waals surface area contributed by atoms with E-state index in [-0.39, 0.29) is 23.3 Å². The van der Waals surface area contributed by atoms with Crippen LogP contribution in [0.4, 0.5) is 5.69 Å². The molecule has 0 bridgehead atoms. The van der Waals surface area contributed by atoms with Gasteiger partial charge in [0.05, 0.1) is 5.56 Å². The molecule has 1 fully saturated rings. The third-order valence-corrected chi connectivity index (χ3v) is 5.67. The second-order valence-electron chi connectivity index (χ2n) is 8.19. The Labute approximate surface area is 186 Å². The van der Waals surface area contributed by atoms with E-state index in [1.807, 2.05) is 0 Å². The summed E-state index contributed by atoms with van der Waals surface area (Å²) in [7, 11) is 1.76. The van der Waals surface area contributed by atoms with Crippen LogP contribution in [0.3, 0.4) is 0 Å². The van der Waals surface area contributed by atoms with E-state index >= 15 is 0 Å². The maximum absolute atomic E-state index is 12.9. The lowest BCUT2D eigenvalue weighted by Gasteiger charge is -2.25. The van der Waals surface area contributed by atoms with Gasteiger partial charge < -0.3 is 25.2 Å². The molecule has 0 atom stereocenters. The summed E-state index contributed by atoms with van der Waals surface area (Å²) >= 11 is 0. The summed E-state index contributed by atoms with van der Waals surface area (Å²) in [6, 6.07) is 8.11. The normalized spacial score (nSPS) is 13.6. The van der Waals surface area contributed by atoms with Gasteiger partial charge in [-0.25, -0.2) is 0 Å². The van der Waals surface area contributed by atoms with E-state index in [0.29, 0.717) is 17.2 Å². The molecule has 1 aliphatic rings. The van der Waals surface area contributed by atoms with Gasteiger partial charge in [-0.2, -0.15) is 0 Å². The molecule has 2 aromatic rings. The van der Waals surface area contributed by atoms with E-state index in [2.05, 4.69) is 5.32 Å². The van der Waals surface area contributed by atoms with Crippen LogP contribution in [0.25, 0.3) is 0 Å². The number of nitrogens with one attached hydrogen (secondary N) is 1. The highest BCUT2D eigenvalue weighted by Crippen LogP contribution is 2.34. The van der Waals surface area contributed by atoms with E-state index in [1.54, 1.807) is 44.0 Å². The number of carbonyl (C=O) groups excluding carboxylic acids is 2. The van der Waals surface area contributed by atoms with Gasteiger partial charge in [-0.15, -0.1) is 0 Å². The van der Waals surface area contributed by atoms with Crippen molar-refractivity contribution in [2.75, 3.05) is 12.4 Å². The highest BCUT2D eigenvalue weighted by Gasteiger charge is 2.26. The lowest BCUT2D eigenvalue weighted by molar-refractivity contribution is -0.139. The van der Waals surface area contributed by atoms with Gasteiger partial charge >= 0.3 is 5.97 Å². The first-order valence-electron chi connectivity index (χ1n) is 10.6. The number of carbonyl (C=O) groups is 3. The summed E-state index contributed by atoms with van der Waals surface area (Å²) in [6.45, 7) is 3.60. The Morgan fingerprint density at radius 2 is 1.72 bits per heavy atom. The molecule has 0 aromatic heterocycles. The Morgan fingerprint density at radius 3 is 2.31 bits per heavy atom. The van der Waals surface area contributed by atoms with Crippen molar-refractivity contribution in [3.63, 3.8) is 0 Å². The third kappa shape index (κ3) is 5.38. The van der Waals surface area contributed by atoms with Crippen LogP contribution in [-0.2, 0) is 9.59 Å². The Bertz CT molecular complexity index is 1020. The first kappa shape index (κ1) is 23.1. The van der Waals surface area contributed by atoms with E-state index < -0.39 is 18.3 Å². The molecule has 2 aromatic carbocycles. The van der Waals surface area contributed by atoms with Crippen LogP contribution in [0.2, 0.25) is 0 Å². The van der Waals surface area contributed by atoms with Crippen molar-refractivity contribution in [3.8, 4) is 17.2 Å². The van der Waals surface area contributed by atoms with Gasteiger partial charge in [-0.3, -0.25) is 14.4 Å². The SMILES string of the molecule is Cc1cc(NC(=O)CC(=O)O)cc(C)c1Oc1ccc(O)c(C(=O)N(C)C2CCCC2)c1. The number of nitrogens with zero attached hydrogens (tertiary/aromatic N) is 1. The fraction of sp³-hybridized carbons (Fsp3) is 0.375. The largest absolute Gasteiger partial charge is 0.507 e. The molecule has 0 heterocycles. The van der Waals surface area contributed by atoms with Crippen LogP contribution >= 0.6 is 0 Å². The van der Waals surface area contributed by atoms with Crippen molar-refractivity contribution in [1.82, 2.24) is 4.90 Å². The molecule has 0 radical (unpaired) electrons. The fourth-order valence-electron chi connectivity index (χ4n) is 4.04. The Hall–Kier alpha value is -3.55. The van der Waals surface area contributed by atoms with Crippen molar-refractivity contribution in [2.24, 2.45) is 0 Å². The van der Waals surface area contributed by atoms with E-state index in [1.165, 1.54) is 12.1 Å². The van der Waals surface area contributed by atoms with Gasteiger partial charge in [0.2, 0.25) is 5.91 Å². The second kappa shape index (κ2) is 9.72. The monoisotopic (exact) mass is 440 g/mol. The Morgan fingerprint density at radius 1 is 1.09 bits per heavy atom. The van der Waals surface area contributed by atoms with Crippen molar-refractivity contribution in [3.05, 3.63) is 47.0 Å². The number of phenolic OH excluding ortho intramolecular Hbond substituents is 1. The Balaban J connectivity index is 1.79. The Kier molecular flexibility index (Phi) is 7.02. The van der Waals surface area contributed by atoms with E-state index in [9.17, 15) is 19.5 Å². The number of anilines is 1. The van der Waals surface area contributed by atoms with Gasteiger partial charge in [0.15, 0.2) is 0 Å². The minimum Gasteiger partial charge on any atom is -0.507 e. The average Bonchev–Trinajstić information content (AvgIpc) is 3.25. The number of benzene rings is 2. The highest BCUT2D eigenvalue weighted by atomic mass is 16.5. The van der Waals surface area contributed by atoms with Crippen LogP contribution in [0.15, 0.2) is 30.3 Å². The van der Waals surface area contributed by atoms with Crippen LogP contribution in [0, 0.1) is 13.8 Å². The number of carboxylic acid groups (broad SMARTS) is 1. The average molecular weight is 440 g/mol. The van der Waals surface area contributed by atoms with Crippen LogP contribution < -0.4 is 10.1 Å². The predicted octanol–water partition coefficient (Wildman–Crippen LogP) is 4.23. The summed E-state index contributed by atoms with van der Waals surface area (Å²) in [5.74, 6) is -1.21. The van der Waals surface area contributed by atoms with Crippen molar-refractivity contribution >= 4 is 23.5 Å². The lowest BCUT2D eigenvalue weighted by Crippen LogP contribution is -2.35. The first-order chi connectivity index (χ1) is 15.2. The van der Waals surface area contributed by atoms with Gasteiger partial charge in [0.25, 0.3) is 5.91 Å². The first-order valence-corrected chi connectivity index (χ1v) is 10.6. The van der Waals surface area contributed by atoms with Crippen molar-refractivity contribution < 1.29 is 29.3 Å². The standard InChI is InChI=1S/C24H28N2O6/c1-14-10-16(25-21(28)13-22(29)30)11-15(2)23(14)32-18-8-9-20(27)19(12-18)24(31)26(3)17-6-4-5-7-17/h8-12,17,27H,4-7,13H2,1-3H3,(H,25,28)(H,29,30). The third-order valence-electron chi connectivity index (χ3n) is 5.67. The molecule has 0 saturated heterocycles. The summed E-state index contributed by atoms with van der Waals surface area (Å²) < 4.78 is 6.03. The summed E-state index contributed by atoms with van der Waals surface area (Å²) in [5.41, 5.74) is 2.10. The molecule has 8 nitrogen and oxygen atoms in total. The van der Waals surface area contributed by atoms with E-state index in [0.717, 1.165) is 36.8 Å². The topological polar surface area (TPSA) is 116 Å². The molecule has 1 saturated carbocycles. The minimum atomic E-state index is -1.20. The van der Waals surface area contributed by atoms with Crippen LogP contribution in [0.5, 0.6) is 17.2 Å². The van der Waals surface area contributed by atoms with Crippen LogP contribution in [0.1, 0.15) is 53.6 Å². The molecule has 8 heteroatoms. The number of rotatable bonds is 7. The maximum Gasteiger partial charge on any atom is 0.312 e. The second-order valence-corrected chi connectivity index (χ2v) is 8.19. The molecule has 1 aliphatic carbocycles. The summed E-state index contributed by atoms with van der Waals surface area (Å²) in [5, 5.41) is 21.6. The quantitative estimate of drug-likeness (QED) is 0.555. The van der Waals surface area contributed by atoms with E-state index in [4.69, 9.17) is 9.84 Å². The number of carboxylic acids is 1. The van der Waals surface area contributed by atoms with Crippen molar-refractivity contribution in [1.29, 1.82) is 0 Å². The zero-order valence-electron chi connectivity index (χ0n) is 18.5. The number of ether oxygens (including phenoxy) is 1. The molecule has 32 heavy (non-hydrogen) atoms. The fourth-order valence-corrected chi connectivity index (χ4v) is 4.04. The highest BCUT2D eigenvalue weighted by molar-refractivity contribution is 6.01. The number of aliphatic carboxylic acids is 1. The molecule has 3 rings (SSSR count). The molecule has 2 amide bonds. The number of hydrogen-bond donors (Lipinski definition) is 3.